The van der Waals surface area contributed by atoms with Gasteiger partial charge in [-0.2, -0.15) is 0 Å². The van der Waals surface area contributed by atoms with Gasteiger partial charge in [0.25, 0.3) is 0 Å². The average molecular weight is 1040 g/mol. The molecule has 7 unspecified atom stereocenters. The molecule has 0 bridgehead atoms. The number of fused-ring (bicyclic) bond motifs is 4. The predicted octanol–water partition coefficient (Wildman–Crippen LogP) is 6.29. The van der Waals surface area contributed by atoms with Gasteiger partial charge >= 0.3 is 18.0 Å². The lowest BCUT2D eigenvalue weighted by Crippen LogP contribution is -2.59. The van der Waals surface area contributed by atoms with Crippen LogP contribution in [-0.4, -0.2) is 108 Å². The van der Waals surface area contributed by atoms with Crippen molar-refractivity contribution in [2.45, 2.75) is 49.2 Å². The fraction of sp³-hybridized carbons (Fsp3) is 0.283. The number of carbonyl (C=O) groups is 5. The molecule has 17 heteroatoms. The highest BCUT2D eigenvalue weighted by Gasteiger charge is 2.76. The largest absolute Gasteiger partial charge is 0.491 e. The zero-order valence-corrected chi connectivity index (χ0v) is 42.2. The van der Waals surface area contributed by atoms with Crippen LogP contribution in [0.4, 0.5) is 15.3 Å². The molecule has 3 fully saturated rings. The van der Waals surface area contributed by atoms with Crippen LogP contribution in [0.15, 0.2) is 152 Å². The van der Waals surface area contributed by atoms with Gasteiger partial charge in [-0.05, 0) is 71.1 Å². The number of esters is 1. The maximum Gasteiger partial charge on any atom is 0.329 e. The van der Waals surface area contributed by atoms with Crippen LogP contribution < -0.4 is 35.5 Å². The highest BCUT2D eigenvalue weighted by molar-refractivity contribution is 6.24. The van der Waals surface area contributed by atoms with E-state index in [4.69, 9.17) is 24.7 Å². The highest BCUT2D eigenvalue weighted by Crippen LogP contribution is 2.67. The van der Waals surface area contributed by atoms with Crippen LogP contribution in [0, 0.1) is 17.8 Å². The number of hydrogen-bond acceptors (Lipinski definition) is 12. The van der Waals surface area contributed by atoms with Gasteiger partial charge in [0, 0.05) is 43.9 Å². The number of nitrogens with one attached hydrogen (secondary N) is 2. The minimum Gasteiger partial charge on any atom is -0.491 e. The van der Waals surface area contributed by atoms with Crippen LogP contribution in [0.1, 0.15) is 70.1 Å². The minimum atomic E-state index is -2.10. The van der Waals surface area contributed by atoms with Crippen molar-refractivity contribution >= 4 is 35.5 Å². The Kier molecular flexibility index (Phi) is 14.1. The third-order valence-electron chi connectivity index (χ3n) is 15.2. The van der Waals surface area contributed by atoms with Crippen molar-refractivity contribution in [3.63, 3.8) is 0 Å². The number of rotatable bonds is 12. The number of para-hydroxylation sites is 1. The van der Waals surface area contributed by atoms with E-state index >= 15 is 19.2 Å². The van der Waals surface area contributed by atoms with Crippen LogP contribution in [-0.2, 0) is 31.1 Å². The van der Waals surface area contributed by atoms with Gasteiger partial charge in [0.2, 0.25) is 18.6 Å². The van der Waals surface area contributed by atoms with Crippen molar-refractivity contribution in [2.75, 3.05) is 57.6 Å². The number of hydrogen-bond donors (Lipinski definition) is 4. The Hall–Kier alpha value is -8.69. The number of benzene rings is 6. The standard InChI is InChI=1S/C60H57N7O10/c1-38(41-15-5-2-6-16-41)63-59(73)66-46-25-23-39(14-13-27-62-58(61)72)34-45(46)60(57(66)71)50(55(69)65-30-28-64(29-31-65)36-40-24-26-48-49(35-40)76-37-75-48)52-56(70)77-53(43-19-9-4-10-20-43)51(42-17-7-3-8-18-42)67(52)54(60)44-21-11-12-22-47(44)74-33-32-68/h2-12,15-26,34-35,38,50-54,68H,27-33,36-37H2,1H3,(H,63,73)(H3,61,62,72). The van der Waals surface area contributed by atoms with Crippen molar-refractivity contribution in [3.8, 4) is 29.1 Å². The first kappa shape index (κ1) is 50.5. The quantitative estimate of drug-likeness (QED) is 0.0789. The van der Waals surface area contributed by atoms with Crippen molar-refractivity contribution in [3.05, 3.63) is 191 Å². The molecule has 6 amide bonds. The molecule has 392 valence electrons. The zero-order chi connectivity index (χ0) is 53.2. The highest BCUT2D eigenvalue weighted by atomic mass is 16.7. The molecule has 5 aliphatic rings. The first-order chi connectivity index (χ1) is 37.6. The molecular formula is C60H57N7O10. The number of carbonyl (C=O) groups excluding carboxylic acids is 5. The topological polar surface area (TPSA) is 206 Å². The van der Waals surface area contributed by atoms with E-state index in [1.807, 2.05) is 127 Å². The summed E-state index contributed by atoms with van der Waals surface area (Å²) in [6.07, 6.45) is -0.960. The summed E-state index contributed by atoms with van der Waals surface area (Å²) in [5.41, 5.74) is 7.76. The molecule has 7 atom stereocenters. The van der Waals surface area contributed by atoms with Crippen LogP contribution in [0.3, 0.4) is 0 Å². The molecule has 0 aromatic heterocycles. The molecule has 5 aliphatic heterocycles. The van der Waals surface area contributed by atoms with Crippen LogP contribution in [0.25, 0.3) is 0 Å². The molecular weight excluding hydrogens is 979 g/mol. The van der Waals surface area contributed by atoms with Gasteiger partial charge in [0.1, 0.15) is 29.9 Å². The normalized spacial score (nSPS) is 22.8. The Morgan fingerprint density at radius 2 is 1.49 bits per heavy atom. The van der Waals surface area contributed by atoms with Crippen LogP contribution in [0.5, 0.6) is 17.2 Å². The number of nitrogens with two attached hydrogens (primary N) is 1. The van der Waals surface area contributed by atoms with Crippen LogP contribution in [0.2, 0.25) is 0 Å². The van der Waals surface area contributed by atoms with Gasteiger partial charge in [0.05, 0.1) is 42.9 Å². The third kappa shape index (κ3) is 9.34. The van der Waals surface area contributed by atoms with E-state index < -0.39 is 71.5 Å². The molecule has 0 aliphatic carbocycles. The number of cyclic esters (lactones) is 1. The SMILES string of the molecule is CC(NC(=O)N1C(=O)C2(c3cc(C#CCNC(N)=O)ccc31)C(C(=O)N1CCN(Cc3ccc4c(c3)OCO4)CC1)C1C(=O)OC(c3ccccc3)C(c3ccccc3)N1C2c1ccccc1OCCO)c1ccccc1. The van der Waals surface area contributed by atoms with Gasteiger partial charge in [-0.15, -0.1) is 0 Å². The number of urea groups is 2. The van der Waals surface area contributed by atoms with E-state index in [0.29, 0.717) is 53.6 Å². The summed E-state index contributed by atoms with van der Waals surface area (Å²) in [5.74, 6) is 4.17. The second-order valence-corrected chi connectivity index (χ2v) is 19.6. The number of imide groups is 1. The molecule has 5 N–H and O–H groups in total. The molecule has 0 saturated carbocycles. The van der Waals surface area contributed by atoms with Gasteiger partial charge in [0.15, 0.2) is 11.5 Å². The van der Waals surface area contributed by atoms with Gasteiger partial charge in [-0.1, -0.05) is 127 Å². The second-order valence-electron chi connectivity index (χ2n) is 19.6. The number of aliphatic hydroxyl groups excluding tert-OH is 1. The van der Waals surface area contributed by atoms with E-state index in [2.05, 4.69) is 27.4 Å². The van der Waals surface area contributed by atoms with E-state index in [9.17, 15) is 9.90 Å². The molecule has 1 spiro atoms. The number of amides is 6. The molecule has 11 rings (SSSR count). The lowest BCUT2D eigenvalue weighted by Gasteiger charge is -2.46. The number of morpholine rings is 1. The van der Waals surface area contributed by atoms with Gasteiger partial charge in [-0.25, -0.2) is 14.5 Å². The van der Waals surface area contributed by atoms with E-state index in [-0.39, 0.29) is 50.9 Å². The van der Waals surface area contributed by atoms with E-state index in [0.717, 1.165) is 21.6 Å². The molecule has 6 aromatic carbocycles. The Morgan fingerprint density at radius 3 is 2.22 bits per heavy atom. The summed E-state index contributed by atoms with van der Waals surface area (Å²) in [6, 6.07) is 40.6. The fourth-order valence-electron chi connectivity index (χ4n) is 11.9. The Balaban J connectivity index is 1.13. The van der Waals surface area contributed by atoms with Crippen LogP contribution >= 0.6 is 0 Å². The predicted molar refractivity (Wildman–Crippen MR) is 283 cm³/mol. The number of piperazine rings is 1. The second kappa shape index (κ2) is 21.5. The average Bonchev–Trinajstić information content (AvgIpc) is 3.78. The van der Waals surface area contributed by atoms with Gasteiger partial charge in [-0.3, -0.25) is 24.2 Å². The summed E-state index contributed by atoms with van der Waals surface area (Å²) >= 11 is 0. The zero-order valence-electron chi connectivity index (χ0n) is 42.2. The number of aliphatic hydroxyl groups is 1. The fourth-order valence-corrected chi connectivity index (χ4v) is 11.9. The number of anilines is 1. The molecule has 77 heavy (non-hydrogen) atoms. The number of ether oxygens (including phenoxy) is 4. The summed E-state index contributed by atoms with van der Waals surface area (Å²) in [5, 5.41) is 15.8. The summed E-state index contributed by atoms with van der Waals surface area (Å²) < 4.78 is 24.3. The maximum absolute atomic E-state index is 17.0. The smallest absolute Gasteiger partial charge is 0.329 e. The summed E-state index contributed by atoms with van der Waals surface area (Å²) in [7, 11) is 0. The third-order valence-corrected chi connectivity index (χ3v) is 15.2. The Labute approximate surface area is 445 Å². The molecule has 0 radical (unpaired) electrons. The lowest BCUT2D eigenvalue weighted by atomic mass is 9.64. The summed E-state index contributed by atoms with van der Waals surface area (Å²) in [6.45, 7) is 3.38. The van der Waals surface area contributed by atoms with Crippen molar-refractivity contribution in [1.29, 1.82) is 0 Å². The Morgan fingerprint density at radius 1 is 0.805 bits per heavy atom. The molecule has 17 nitrogen and oxygen atoms in total. The molecule has 3 saturated heterocycles. The summed E-state index contributed by atoms with van der Waals surface area (Å²) in [4.78, 5) is 83.4. The van der Waals surface area contributed by atoms with Crippen molar-refractivity contribution in [1.82, 2.24) is 25.3 Å². The first-order valence-corrected chi connectivity index (χ1v) is 25.7. The maximum atomic E-state index is 17.0. The van der Waals surface area contributed by atoms with Gasteiger partial charge < -0.3 is 45.3 Å². The minimum absolute atomic E-state index is 0.0936. The van der Waals surface area contributed by atoms with E-state index in [1.165, 1.54) is 0 Å². The van der Waals surface area contributed by atoms with Crippen molar-refractivity contribution in [2.24, 2.45) is 11.7 Å². The Bertz CT molecular complexity index is 3270. The van der Waals surface area contributed by atoms with E-state index in [1.54, 1.807) is 41.3 Å². The van der Waals surface area contributed by atoms with Crippen molar-refractivity contribution < 1.29 is 48.0 Å². The monoisotopic (exact) mass is 1040 g/mol. The molecule has 5 heterocycles. The lowest BCUT2D eigenvalue weighted by molar-refractivity contribution is -0.179. The number of nitrogens with zero attached hydrogens (tertiary/aromatic N) is 4. The number of primary amides is 1. The molecule has 6 aromatic rings. The first-order valence-electron chi connectivity index (χ1n) is 25.7.